The monoisotopic (exact) mass is 498 g/mol. The highest BCUT2D eigenvalue weighted by Crippen LogP contribution is 2.29. The smallest absolute Gasteiger partial charge is 0.276 e. The molecule has 8 nitrogen and oxygen atoms in total. The molecule has 0 bridgehead atoms. The van der Waals surface area contributed by atoms with Crippen LogP contribution in [0.15, 0.2) is 53.4 Å². The lowest BCUT2D eigenvalue weighted by Crippen LogP contribution is -2.40. The summed E-state index contributed by atoms with van der Waals surface area (Å²) in [6, 6.07) is 13.3. The number of nitrogens with zero attached hydrogens (tertiary/aromatic N) is 3. The number of carbonyl (C=O) groups excluding carboxylic acids is 1. The van der Waals surface area contributed by atoms with Gasteiger partial charge in [-0.2, -0.15) is 4.31 Å². The molecule has 2 aliphatic heterocycles. The van der Waals surface area contributed by atoms with Crippen molar-refractivity contribution in [1.29, 1.82) is 0 Å². The Morgan fingerprint density at radius 1 is 1.00 bits per heavy atom. The van der Waals surface area contributed by atoms with Gasteiger partial charge in [0.25, 0.3) is 5.91 Å². The molecule has 1 saturated heterocycles. The summed E-state index contributed by atoms with van der Waals surface area (Å²) in [5.41, 5.74) is 2.30. The zero-order valence-corrected chi connectivity index (χ0v) is 20.1. The van der Waals surface area contributed by atoms with E-state index in [1.54, 1.807) is 0 Å². The van der Waals surface area contributed by atoms with Crippen LogP contribution in [0.5, 0.6) is 0 Å². The summed E-state index contributed by atoms with van der Waals surface area (Å²) in [5.74, 6) is -0.571. The molecular formula is C25H27FN4O4S. The van der Waals surface area contributed by atoms with E-state index in [9.17, 15) is 17.6 Å². The number of benzene rings is 2. The Morgan fingerprint density at radius 2 is 1.77 bits per heavy atom. The van der Waals surface area contributed by atoms with E-state index < -0.39 is 26.6 Å². The first kappa shape index (κ1) is 23.7. The third-order valence-electron chi connectivity index (χ3n) is 6.39. The first-order chi connectivity index (χ1) is 16.9. The van der Waals surface area contributed by atoms with E-state index in [1.807, 2.05) is 30.3 Å². The molecule has 3 aromatic rings. The highest BCUT2D eigenvalue weighted by Gasteiger charge is 2.30. The average Bonchev–Trinajstić information content (AvgIpc) is 3.07. The zero-order chi connectivity index (χ0) is 24.4. The molecule has 35 heavy (non-hydrogen) atoms. The predicted molar refractivity (Wildman–Crippen MR) is 129 cm³/mol. The van der Waals surface area contributed by atoms with Gasteiger partial charge in [-0.05, 0) is 37.5 Å². The number of hydrogen-bond acceptors (Lipinski definition) is 5. The number of hydrogen-bond donors (Lipinski definition) is 1. The van der Waals surface area contributed by atoms with Crippen molar-refractivity contribution in [2.24, 2.45) is 0 Å². The lowest BCUT2D eigenvalue weighted by Gasteiger charge is -2.26. The Morgan fingerprint density at radius 3 is 2.54 bits per heavy atom. The van der Waals surface area contributed by atoms with E-state index >= 15 is 0 Å². The number of carbonyl (C=O) groups is 1. The summed E-state index contributed by atoms with van der Waals surface area (Å²) in [6.07, 6.45) is 3.75. The average molecular weight is 499 g/mol. The Kier molecular flexibility index (Phi) is 6.68. The number of rotatable bonds is 5. The van der Waals surface area contributed by atoms with Crippen molar-refractivity contribution in [2.75, 3.05) is 31.6 Å². The van der Waals surface area contributed by atoms with Crippen LogP contribution in [0.3, 0.4) is 0 Å². The molecule has 0 radical (unpaired) electrons. The second-order valence-electron chi connectivity index (χ2n) is 8.67. The Hall–Kier alpha value is -3.08. The van der Waals surface area contributed by atoms with Crippen LogP contribution in [-0.4, -0.2) is 54.5 Å². The van der Waals surface area contributed by atoms with E-state index in [2.05, 4.69) is 9.88 Å². The fraction of sp³-hybridized carbons (Fsp3) is 0.360. The summed E-state index contributed by atoms with van der Waals surface area (Å²) >= 11 is 0. The van der Waals surface area contributed by atoms with Gasteiger partial charge in [0.05, 0.1) is 18.9 Å². The van der Waals surface area contributed by atoms with Gasteiger partial charge in [0.1, 0.15) is 22.2 Å². The molecule has 0 atom stereocenters. The molecule has 0 saturated carbocycles. The summed E-state index contributed by atoms with van der Waals surface area (Å²) < 4.78 is 49.1. The number of aromatic nitrogens is 2. The van der Waals surface area contributed by atoms with Crippen molar-refractivity contribution in [3.8, 4) is 11.4 Å². The van der Waals surface area contributed by atoms with Gasteiger partial charge in [0.15, 0.2) is 0 Å². The number of ether oxygens (including phenoxy) is 1. The predicted octanol–water partition coefficient (Wildman–Crippen LogP) is 3.69. The summed E-state index contributed by atoms with van der Waals surface area (Å²) in [4.78, 5) is 17.6. The van der Waals surface area contributed by atoms with Gasteiger partial charge in [-0.15, -0.1) is 0 Å². The summed E-state index contributed by atoms with van der Waals surface area (Å²) in [6.45, 7) is 1.60. The topological polar surface area (TPSA) is 93.5 Å². The largest absolute Gasteiger partial charge is 0.379 e. The molecule has 1 aromatic heterocycles. The van der Waals surface area contributed by atoms with Gasteiger partial charge < -0.3 is 14.6 Å². The first-order valence-electron chi connectivity index (χ1n) is 11.8. The van der Waals surface area contributed by atoms with Gasteiger partial charge in [-0.25, -0.2) is 17.8 Å². The Bertz CT molecular complexity index is 1330. The number of anilines is 1. The maximum Gasteiger partial charge on any atom is 0.276 e. The molecule has 0 aliphatic carbocycles. The van der Waals surface area contributed by atoms with E-state index in [0.717, 1.165) is 55.4 Å². The third kappa shape index (κ3) is 4.73. The molecule has 0 unspecified atom stereocenters. The number of fused-ring (bicyclic) bond motifs is 1. The standard InChI is InChI=1S/C25H27FN4O4S/c26-20-11-10-19(17-22(20)35(32,33)29-13-15-34-16-14-29)27-25(31)23-21-9-5-2-6-12-30(21)24(28-23)18-7-3-1-4-8-18/h1,3-4,7-8,10-11,17H,2,5-6,9,12-16H2,(H,27,31). The Balaban J connectivity index is 1.47. The lowest BCUT2D eigenvalue weighted by atomic mass is 10.1. The Labute approximate surface area is 203 Å². The van der Waals surface area contributed by atoms with E-state index in [4.69, 9.17) is 9.72 Å². The molecule has 0 spiro atoms. The summed E-state index contributed by atoms with van der Waals surface area (Å²) in [7, 11) is -4.06. The highest BCUT2D eigenvalue weighted by atomic mass is 32.2. The third-order valence-corrected chi connectivity index (χ3v) is 8.31. The van der Waals surface area contributed by atoms with Crippen LogP contribution >= 0.6 is 0 Å². The molecule has 2 aliphatic rings. The zero-order valence-electron chi connectivity index (χ0n) is 19.2. The second-order valence-corrected chi connectivity index (χ2v) is 10.6. The van der Waals surface area contributed by atoms with E-state index in [1.165, 1.54) is 16.4 Å². The van der Waals surface area contributed by atoms with Crippen LogP contribution < -0.4 is 5.32 Å². The molecule has 1 amide bonds. The molecule has 3 heterocycles. The number of imidazole rings is 1. The minimum absolute atomic E-state index is 0.154. The minimum atomic E-state index is -4.06. The van der Waals surface area contributed by atoms with Crippen LogP contribution in [0.1, 0.15) is 35.4 Å². The molecule has 1 fully saturated rings. The van der Waals surface area contributed by atoms with Crippen LogP contribution in [-0.2, 0) is 27.7 Å². The molecule has 184 valence electrons. The number of sulfonamides is 1. The van der Waals surface area contributed by atoms with E-state index in [0.29, 0.717) is 5.69 Å². The van der Waals surface area contributed by atoms with Gasteiger partial charge >= 0.3 is 0 Å². The quantitative estimate of drug-likeness (QED) is 0.579. The normalized spacial score (nSPS) is 16.9. The van der Waals surface area contributed by atoms with Crippen molar-refractivity contribution >= 4 is 21.6 Å². The van der Waals surface area contributed by atoms with Crippen LogP contribution in [0.4, 0.5) is 10.1 Å². The molecule has 1 N–H and O–H groups in total. The maximum atomic E-state index is 14.6. The van der Waals surface area contributed by atoms with E-state index in [-0.39, 0.29) is 32.0 Å². The van der Waals surface area contributed by atoms with Crippen LogP contribution in [0.2, 0.25) is 0 Å². The minimum Gasteiger partial charge on any atom is -0.379 e. The number of nitrogens with one attached hydrogen (secondary N) is 1. The highest BCUT2D eigenvalue weighted by molar-refractivity contribution is 7.89. The SMILES string of the molecule is O=C(Nc1ccc(F)c(S(=O)(=O)N2CCOCC2)c1)c1nc(-c2ccccc2)n2c1CCCCC2. The summed E-state index contributed by atoms with van der Waals surface area (Å²) in [5, 5.41) is 2.75. The molecular weight excluding hydrogens is 471 g/mol. The van der Waals surface area contributed by atoms with Gasteiger partial charge in [-0.3, -0.25) is 4.79 Å². The van der Waals surface area contributed by atoms with Crippen LogP contribution in [0, 0.1) is 5.82 Å². The number of halogens is 1. The molecule has 10 heteroatoms. The molecule has 2 aromatic carbocycles. The lowest BCUT2D eigenvalue weighted by molar-refractivity contribution is 0.0729. The first-order valence-corrected chi connectivity index (χ1v) is 13.2. The van der Waals surface area contributed by atoms with Gasteiger partial charge in [0, 0.05) is 30.9 Å². The fourth-order valence-corrected chi connectivity index (χ4v) is 6.10. The van der Waals surface area contributed by atoms with Gasteiger partial charge in [0.2, 0.25) is 10.0 Å². The second kappa shape index (κ2) is 9.88. The number of amides is 1. The van der Waals surface area contributed by atoms with Crippen molar-refractivity contribution in [3.05, 3.63) is 65.7 Å². The number of morpholine rings is 1. The van der Waals surface area contributed by atoms with Crippen molar-refractivity contribution < 1.29 is 22.3 Å². The van der Waals surface area contributed by atoms with Crippen molar-refractivity contribution in [2.45, 2.75) is 37.1 Å². The fourth-order valence-electron chi connectivity index (χ4n) is 4.60. The molecule has 5 rings (SSSR count). The van der Waals surface area contributed by atoms with Crippen molar-refractivity contribution in [3.63, 3.8) is 0 Å². The van der Waals surface area contributed by atoms with Gasteiger partial charge in [-0.1, -0.05) is 36.8 Å². The van der Waals surface area contributed by atoms with Crippen molar-refractivity contribution in [1.82, 2.24) is 13.9 Å². The van der Waals surface area contributed by atoms with Crippen LogP contribution in [0.25, 0.3) is 11.4 Å². The maximum absolute atomic E-state index is 14.6.